The molecule has 0 aromatic heterocycles. The molecule has 0 radical (unpaired) electrons. The average Bonchev–Trinajstić information content (AvgIpc) is 1.06. The molecule has 0 spiro atoms. The summed E-state index contributed by atoms with van der Waals surface area (Å²) >= 11 is 0. The Kier molecular flexibility index (Phi) is 71.2. The first-order valence-corrected chi connectivity index (χ1v) is 43.2. The maximum atomic E-state index is 13.1. The van der Waals surface area contributed by atoms with Crippen molar-refractivity contribution >= 4 is 39.5 Å². The minimum Gasteiger partial charge on any atom is -0.462 e. The fourth-order valence-electron chi connectivity index (χ4n) is 11.1. The molecule has 5 unspecified atom stereocenters. The molecule has 19 heteroatoms. The van der Waals surface area contributed by atoms with Gasteiger partial charge >= 0.3 is 39.5 Å². The van der Waals surface area contributed by atoms with Crippen LogP contribution < -0.4 is 0 Å². The molecule has 5 atom stereocenters. The van der Waals surface area contributed by atoms with E-state index >= 15 is 0 Å². The Morgan fingerprint density at radius 2 is 0.520 bits per heavy atom. The Balaban J connectivity index is 5.35. The van der Waals surface area contributed by atoms with Crippen LogP contribution in [0.1, 0.15) is 362 Å². The van der Waals surface area contributed by atoms with Crippen LogP contribution in [-0.4, -0.2) is 96.7 Å². The molecule has 0 aromatic carbocycles. The summed E-state index contributed by atoms with van der Waals surface area (Å²) in [7, 11) is -9.95. The van der Waals surface area contributed by atoms with E-state index in [-0.39, 0.29) is 25.7 Å². The third-order valence-electron chi connectivity index (χ3n) is 17.2. The second kappa shape index (κ2) is 73.8. The summed E-state index contributed by atoms with van der Waals surface area (Å²) in [6.45, 7) is 4.76. The molecule has 0 bridgehead atoms. The van der Waals surface area contributed by atoms with Gasteiger partial charge in [0, 0.05) is 25.7 Å². The fourth-order valence-corrected chi connectivity index (χ4v) is 12.6. The highest BCUT2D eigenvalue weighted by Gasteiger charge is 2.30. The Bertz CT molecular complexity index is 2180. The zero-order valence-corrected chi connectivity index (χ0v) is 65.4. The van der Waals surface area contributed by atoms with Crippen molar-refractivity contribution < 1.29 is 80.2 Å². The van der Waals surface area contributed by atoms with E-state index in [0.29, 0.717) is 25.7 Å². The zero-order valence-electron chi connectivity index (χ0n) is 63.6. The minimum absolute atomic E-state index is 0.0756. The molecule has 0 rings (SSSR count). The van der Waals surface area contributed by atoms with Crippen molar-refractivity contribution in [2.75, 3.05) is 39.6 Å². The first-order valence-electron chi connectivity index (χ1n) is 40.2. The number of carbonyl (C=O) groups is 4. The Hall–Kier alpha value is -3.50. The molecule has 0 aromatic rings. The summed E-state index contributed by atoms with van der Waals surface area (Å²) in [4.78, 5) is 73.0. The van der Waals surface area contributed by atoms with E-state index in [2.05, 4.69) is 101 Å². The molecule has 0 saturated carbocycles. The van der Waals surface area contributed by atoms with Crippen LogP contribution in [0, 0.1) is 0 Å². The van der Waals surface area contributed by atoms with Gasteiger partial charge in [0.05, 0.1) is 26.4 Å². The molecule has 582 valence electrons. The molecule has 17 nitrogen and oxygen atoms in total. The van der Waals surface area contributed by atoms with Crippen molar-refractivity contribution in [3.8, 4) is 0 Å². The molecule has 0 heterocycles. The van der Waals surface area contributed by atoms with Gasteiger partial charge in [0.15, 0.2) is 12.2 Å². The van der Waals surface area contributed by atoms with E-state index in [1.165, 1.54) is 141 Å². The minimum atomic E-state index is -4.98. The second-order valence-electron chi connectivity index (χ2n) is 27.0. The quantitative estimate of drug-likeness (QED) is 0.0169. The Morgan fingerprint density at radius 1 is 0.290 bits per heavy atom. The van der Waals surface area contributed by atoms with Crippen LogP contribution in [0.3, 0.4) is 0 Å². The van der Waals surface area contributed by atoms with Crippen molar-refractivity contribution in [1.82, 2.24) is 0 Å². The largest absolute Gasteiger partial charge is 0.472 e. The third kappa shape index (κ3) is 72.8. The van der Waals surface area contributed by atoms with Gasteiger partial charge in [-0.05, 0) is 96.3 Å². The van der Waals surface area contributed by atoms with Crippen LogP contribution in [0.4, 0.5) is 0 Å². The summed E-state index contributed by atoms with van der Waals surface area (Å²) < 4.78 is 68.6. The van der Waals surface area contributed by atoms with Gasteiger partial charge in [0.1, 0.15) is 19.3 Å². The van der Waals surface area contributed by atoms with Crippen LogP contribution in [-0.2, 0) is 65.4 Å². The predicted molar refractivity (Wildman–Crippen MR) is 409 cm³/mol. The van der Waals surface area contributed by atoms with Gasteiger partial charge in [-0.15, -0.1) is 0 Å². The van der Waals surface area contributed by atoms with Gasteiger partial charge in [0.25, 0.3) is 0 Å². The Morgan fingerprint density at radius 3 is 0.820 bits per heavy atom. The molecule has 3 N–H and O–H groups in total. The first-order chi connectivity index (χ1) is 48.7. The highest BCUT2D eigenvalue weighted by atomic mass is 31.2. The summed E-state index contributed by atoms with van der Waals surface area (Å²) in [6.07, 6.45) is 74.4. The number of ether oxygens (including phenoxy) is 4. The molecule has 100 heavy (non-hydrogen) atoms. The lowest BCUT2D eigenvalue weighted by Crippen LogP contribution is -2.30. The molecule has 0 aliphatic carbocycles. The fraction of sp³-hybridized carbons (Fsp3) is 0.802. The van der Waals surface area contributed by atoms with Gasteiger partial charge in [-0.25, -0.2) is 9.13 Å². The number of carbonyl (C=O) groups excluding carboxylic acids is 4. The molecular formula is C81H146O17P2. The zero-order chi connectivity index (χ0) is 73.2. The number of phosphoric acid groups is 2. The maximum Gasteiger partial charge on any atom is 0.472 e. The number of rotatable bonds is 76. The van der Waals surface area contributed by atoms with Crippen LogP contribution in [0.2, 0.25) is 0 Å². The van der Waals surface area contributed by atoms with Crippen LogP contribution in [0.15, 0.2) is 72.9 Å². The average molecular weight is 1450 g/mol. The number of aliphatic hydroxyl groups is 1. The van der Waals surface area contributed by atoms with Crippen molar-refractivity contribution in [3.05, 3.63) is 72.9 Å². The van der Waals surface area contributed by atoms with E-state index in [1.54, 1.807) is 0 Å². The summed E-state index contributed by atoms with van der Waals surface area (Å²) in [5.41, 5.74) is 0. The van der Waals surface area contributed by atoms with Crippen molar-refractivity contribution in [3.63, 3.8) is 0 Å². The van der Waals surface area contributed by atoms with Crippen LogP contribution in [0.25, 0.3) is 0 Å². The molecule has 0 amide bonds. The lowest BCUT2D eigenvalue weighted by molar-refractivity contribution is -0.161. The van der Waals surface area contributed by atoms with Crippen LogP contribution in [0.5, 0.6) is 0 Å². The molecule has 0 saturated heterocycles. The van der Waals surface area contributed by atoms with Gasteiger partial charge in [-0.1, -0.05) is 312 Å². The number of unbranched alkanes of at least 4 members (excludes halogenated alkanes) is 38. The normalized spacial score (nSPS) is 14.3. The summed E-state index contributed by atoms with van der Waals surface area (Å²) in [5.74, 6) is -2.18. The van der Waals surface area contributed by atoms with Crippen LogP contribution >= 0.6 is 15.6 Å². The van der Waals surface area contributed by atoms with Crippen molar-refractivity contribution in [1.29, 1.82) is 0 Å². The number of aliphatic hydroxyl groups excluding tert-OH is 1. The van der Waals surface area contributed by atoms with E-state index in [0.717, 1.165) is 141 Å². The monoisotopic (exact) mass is 1450 g/mol. The number of esters is 4. The smallest absolute Gasteiger partial charge is 0.462 e. The number of hydrogen-bond acceptors (Lipinski definition) is 15. The lowest BCUT2D eigenvalue weighted by atomic mass is 10.0. The van der Waals surface area contributed by atoms with Gasteiger partial charge in [-0.2, -0.15) is 0 Å². The SMILES string of the molecule is CC/C=C\C/C=C\C/C=C\C/C=C\CCCCCCC(=O)OCC(COP(=O)(O)OCC(O)COP(=O)(O)OCC(COC(=O)CCCCCCCCCCCCCCCCC)OC(=O)CCCCCCCCCCCCCCC)OC(=O)CCCCCCC/C=C\C/C=C\CCCCC. The van der Waals surface area contributed by atoms with Crippen molar-refractivity contribution in [2.24, 2.45) is 0 Å². The third-order valence-corrected chi connectivity index (χ3v) is 19.1. The highest BCUT2D eigenvalue weighted by Crippen LogP contribution is 2.45. The highest BCUT2D eigenvalue weighted by molar-refractivity contribution is 7.47. The predicted octanol–water partition coefficient (Wildman–Crippen LogP) is 23.2. The lowest BCUT2D eigenvalue weighted by Gasteiger charge is -2.21. The summed E-state index contributed by atoms with van der Waals surface area (Å²) in [5, 5.41) is 10.6. The molecule has 0 aliphatic rings. The second-order valence-corrected chi connectivity index (χ2v) is 29.9. The molecular weight excluding hydrogens is 1310 g/mol. The first kappa shape index (κ1) is 96.5. The summed E-state index contributed by atoms with van der Waals surface area (Å²) in [6, 6.07) is 0. The number of phosphoric ester groups is 2. The maximum absolute atomic E-state index is 13.1. The van der Waals surface area contributed by atoms with E-state index in [9.17, 15) is 43.2 Å². The standard InChI is InChI=1S/C81H146O17P2/c1-5-9-13-17-21-25-29-33-36-37-40-43-46-50-54-58-62-66-79(84)92-72-77(98-81(86)68-64-60-56-52-48-44-39-35-31-27-23-19-15-11-7-3)74-96-100(89,90)94-70-75(82)69-93-99(87,88)95-73-76(97-80(85)67-63-59-55-51-47-41-32-28-24-20-16-12-8-4)71-91-78(83)65-61-57-53-49-45-42-38-34-30-26-22-18-14-10-6-2/h9,13,21,23,25,27,33,35-36,39-40,43,75-77,82H,5-8,10-12,14-20,22,24,26,28-32,34,37-38,41-42,44-74H2,1-4H3,(H,87,88)(H,89,90)/b13-9-,25-21-,27-23-,36-33-,39-35-,43-40-. The molecule has 0 fully saturated rings. The van der Waals surface area contributed by atoms with E-state index < -0.39 is 97.5 Å². The Labute approximate surface area is 609 Å². The van der Waals surface area contributed by atoms with E-state index in [1.807, 2.05) is 0 Å². The molecule has 0 aliphatic heterocycles. The number of hydrogen-bond donors (Lipinski definition) is 3. The number of allylic oxidation sites excluding steroid dienone is 12. The van der Waals surface area contributed by atoms with Gasteiger partial charge < -0.3 is 33.8 Å². The van der Waals surface area contributed by atoms with Gasteiger partial charge in [-0.3, -0.25) is 37.3 Å². The van der Waals surface area contributed by atoms with Gasteiger partial charge in [0.2, 0.25) is 0 Å². The topological polar surface area (TPSA) is 237 Å². The van der Waals surface area contributed by atoms with E-state index in [4.69, 9.17) is 37.0 Å². The van der Waals surface area contributed by atoms with Crippen molar-refractivity contribution in [2.45, 2.75) is 380 Å².